The molecule has 5 rings (SSSR count). The lowest BCUT2D eigenvalue weighted by molar-refractivity contribution is 0.0904. The van der Waals surface area contributed by atoms with Gasteiger partial charge in [0.05, 0.1) is 0 Å². The van der Waals surface area contributed by atoms with Gasteiger partial charge < -0.3 is 9.72 Å². The highest BCUT2D eigenvalue weighted by atomic mass is 35.5. The van der Waals surface area contributed by atoms with Gasteiger partial charge in [0, 0.05) is 48.7 Å². The number of carbonyl (C=O) groups excluding carboxylic acids is 1. The van der Waals surface area contributed by atoms with Gasteiger partial charge in [-0.15, -0.1) is 0 Å². The molecule has 0 radical (unpaired) electrons. The molecule has 1 amide bonds. The average molecular weight is 445 g/mol. The maximum Gasteiger partial charge on any atom is 0.271 e. The van der Waals surface area contributed by atoms with Crippen molar-refractivity contribution in [2.24, 2.45) is 0 Å². The Morgan fingerprint density at radius 1 is 0.969 bits per heavy atom. The predicted octanol–water partition coefficient (Wildman–Crippen LogP) is 5.05. The second-order valence-corrected chi connectivity index (χ2v) is 8.71. The molecular formula is C26H25ClN4O. The summed E-state index contributed by atoms with van der Waals surface area (Å²) in [4.78, 5) is 19.8. The summed E-state index contributed by atoms with van der Waals surface area (Å²) in [5.74, 6) is -0.116. The summed E-state index contributed by atoms with van der Waals surface area (Å²) in [6.07, 6.45) is 5.64. The first-order valence-electron chi connectivity index (χ1n) is 11.0. The molecule has 1 fully saturated rings. The topological polar surface area (TPSA) is 49.6 Å². The Morgan fingerprint density at radius 2 is 1.72 bits per heavy atom. The van der Waals surface area contributed by atoms with Gasteiger partial charge in [0.1, 0.15) is 11.3 Å². The maximum absolute atomic E-state index is 12.8. The molecule has 5 nitrogen and oxygen atoms in total. The molecule has 32 heavy (non-hydrogen) atoms. The molecule has 1 N–H and O–H groups in total. The van der Waals surface area contributed by atoms with Gasteiger partial charge in [-0.3, -0.25) is 9.69 Å². The van der Waals surface area contributed by atoms with E-state index in [1.807, 2.05) is 53.1 Å². The fourth-order valence-corrected chi connectivity index (χ4v) is 4.54. The van der Waals surface area contributed by atoms with E-state index < -0.39 is 0 Å². The summed E-state index contributed by atoms with van der Waals surface area (Å²) >= 11 is 6.34. The summed E-state index contributed by atoms with van der Waals surface area (Å²) in [5.41, 5.74) is 4.45. The Hall–Kier alpha value is -3.15. The molecule has 0 atom stereocenters. The minimum Gasteiger partial charge on any atom is -0.348 e. The van der Waals surface area contributed by atoms with Crippen molar-refractivity contribution in [2.45, 2.75) is 25.4 Å². The van der Waals surface area contributed by atoms with Crippen LogP contribution in [-0.4, -0.2) is 39.3 Å². The normalized spacial score (nSPS) is 15.2. The molecule has 0 unspecified atom stereocenters. The lowest BCUT2D eigenvalue weighted by atomic mass is 10.0. The number of rotatable bonds is 5. The van der Waals surface area contributed by atoms with Crippen LogP contribution >= 0.6 is 11.6 Å². The quantitative estimate of drug-likeness (QED) is 0.468. The number of halogens is 1. The number of likely N-dealkylation sites (tertiary alicyclic amines) is 1. The molecule has 2 aromatic heterocycles. The number of hydrogen-bond acceptors (Lipinski definition) is 3. The molecule has 6 heteroatoms. The SMILES string of the molecule is O=C(NC1CCN(Cc2ccccc2)CC1)c1cn2cc(-c3ccccc3Cl)ccc2n1. The number of pyridine rings is 1. The molecular weight excluding hydrogens is 420 g/mol. The number of aromatic nitrogens is 2. The average Bonchev–Trinajstić information content (AvgIpc) is 3.25. The molecule has 1 aliphatic rings. The van der Waals surface area contributed by atoms with E-state index in [-0.39, 0.29) is 11.9 Å². The van der Waals surface area contributed by atoms with Crippen molar-refractivity contribution in [1.29, 1.82) is 0 Å². The molecule has 162 valence electrons. The number of nitrogens with zero attached hydrogens (tertiary/aromatic N) is 3. The van der Waals surface area contributed by atoms with E-state index in [0.29, 0.717) is 10.7 Å². The Labute approximate surface area is 192 Å². The zero-order chi connectivity index (χ0) is 21.9. The monoisotopic (exact) mass is 444 g/mol. The molecule has 1 aliphatic heterocycles. The third-order valence-electron chi connectivity index (χ3n) is 6.04. The second kappa shape index (κ2) is 9.15. The fraction of sp³-hybridized carbons (Fsp3) is 0.231. The lowest BCUT2D eigenvalue weighted by Crippen LogP contribution is -2.44. The van der Waals surface area contributed by atoms with Crippen LogP contribution in [0.5, 0.6) is 0 Å². The maximum atomic E-state index is 12.8. The zero-order valence-electron chi connectivity index (χ0n) is 17.7. The summed E-state index contributed by atoms with van der Waals surface area (Å²) < 4.78 is 1.88. The molecule has 0 saturated carbocycles. The van der Waals surface area contributed by atoms with E-state index in [2.05, 4.69) is 39.5 Å². The first-order chi connectivity index (χ1) is 15.7. The molecule has 2 aromatic carbocycles. The summed E-state index contributed by atoms with van der Waals surface area (Å²) in [5, 5.41) is 3.87. The van der Waals surface area contributed by atoms with Gasteiger partial charge in [-0.1, -0.05) is 60.1 Å². The van der Waals surface area contributed by atoms with E-state index >= 15 is 0 Å². The number of amides is 1. The second-order valence-electron chi connectivity index (χ2n) is 8.30. The van der Waals surface area contributed by atoms with Crippen molar-refractivity contribution in [2.75, 3.05) is 13.1 Å². The molecule has 1 saturated heterocycles. The van der Waals surface area contributed by atoms with Gasteiger partial charge in [-0.25, -0.2) is 4.98 Å². The molecule has 0 aliphatic carbocycles. The van der Waals surface area contributed by atoms with Crippen molar-refractivity contribution in [3.05, 3.63) is 95.4 Å². The predicted molar refractivity (Wildman–Crippen MR) is 128 cm³/mol. The van der Waals surface area contributed by atoms with Crippen LogP contribution in [-0.2, 0) is 6.54 Å². The van der Waals surface area contributed by atoms with E-state index in [4.69, 9.17) is 11.6 Å². The number of benzene rings is 2. The van der Waals surface area contributed by atoms with Crippen LogP contribution in [0.1, 0.15) is 28.9 Å². The van der Waals surface area contributed by atoms with E-state index in [1.54, 1.807) is 6.20 Å². The number of piperidine rings is 1. The Morgan fingerprint density at radius 3 is 2.50 bits per heavy atom. The number of fused-ring (bicyclic) bond motifs is 1. The van der Waals surface area contributed by atoms with Gasteiger partial charge in [-0.05, 0) is 42.2 Å². The molecule has 0 spiro atoms. The van der Waals surface area contributed by atoms with Gasteiger partial charge in [0.25, 0.3) is 5.91 Å². The summed E-state index contributed by atoms with van der Waals surface area (Å²) in [7, 11) is 0. The van der Waals surface area contributed by atoms with E-state index in [0.717, 1.165) is 49.2 Å². The smallest absolute Gasteiger partial charge is 0.271 e. The van der Waals surface area contributed by atoms with Crippen LogP contribution < -0.4 is 5.32 Å². The van der Waals surface area contributed by atoms with Crippen molar-refractivity contribution in [3.8, 4) is 11.1 Å². The standard InChI is InChI=1S/C26H25ClN4O/c27-23-9-5-4-8-22(23)20-10-11-25-29-24(18-31(25)17-20)26(32)28-21-12-14-30(15-13-21)16-19-6-2-1-3-7-19/h1-11,17-18,21H,12-16H2,(H,28,32). The largest absolute Gasteiger partial charge is 0.348 e. The van der Waals surface area contributed by atoms with Crippen LogP contribution in [0.25, 0.3) is 16.8 Å². The van der Waals surface area contributed by atoms with E-state index in [9.17, 15) is 4.79 Å². The first-order valence-corrected chi connectivity index (χ1v) is 11.3. The molecule has 3 heterocycles. The van der Waals surface area contributed by atoms with Gasteiger partial charge >= 0.3 is 0 Å². The van der Waals surface area contributed by atoms with Crippen LogP contribution in [0, 0.1) is 0 Å². The van der Waals surface area contributed by atoms with E-state index in [1.165, 1.54) is 5.56 Å². The number of carbonyl (C=O) groups is 1. The minimum absolute atomic E-state index is 0.116. The van der Waals surface area contributed by atoms with Gasteiger partial charge in [0.2, 0.25) is 0 Å². The Bertz CT molecular complexity index is 1230. The lowest BCUT2D eigenvalue weighted by Gasteiger charge is -2.32. The highest BCUT2D eigenvalue weighted by Gasteiger charge is 2.22. The number of imidazole rings is 1. The molecule has 4 aromatic rings. The van der Waals surface area contributed by atoms with Crippen molar-refractivity contribution in [3.63, 3.8) is 0 Å². The third kappa shape index (κ3) is 4.54. The van der Waals surface area contributed by atoms with Crippen LogP contribution in [0.3, 0.4) is 0 Å². The van der Waals surface area contributed by atoms with Crippen LogP contribution in [0.4, 0.5) is 0 Å². The Kier molecular flexibility index (Phi) is 5.93. The Balaban J connectivity index is 1.22. The minimum atomic E-state index is -0.116. The van der Waals surface area contributed by atoms with Crippen molar-refractivity contribution in [1.82, 2.24) is 19.6 Å². The third-order valence-corrected chi connectivity index (χ3v) is 6.37. The highest BCUT2D eigenvalue weighted by Crippen LogP contribution is 2.27. The highest BCUT2D eigenvalue weighted by molar-refractivity contribution is 6.33. The van der Waals surface area contributed by atoms with Gasteiger partial charge in [0.15, 0.2) is 0 Å². The zero-order valence-corrected chi connectivity index (χ0v) is 18.5. The first kappa shape index (κ1) is 20.7. The van der Waals surface area contributed by atoms with Crippen LogP contribution in [0.2, 0.25) is 5.02 Å². The summed E-state index contributed by atoms with van der Waals surface area (Å²) in [6, 6.07) is 22.3. The van der Waals surface area contributed by atoms with Gasteiger partial charge in [-0.2, -0.15) is 0 Å². The van der Waals surface area contributed by atoms with Crippen molar-refractivity contribution >= 4 is 23.2 Å². The van der Waals surface area contributed by atoms with Crippen LogP contribution in [0.15, 0.2) is 79.1 Å². The number of nitrogens with one attached hydrogen (secondary N) is 1. The fourth-order valence-electron chi connectivity index (χ4n) is 4.29. The summed E-state index contributed by atoms with van der Waals surface area (Å²) in [6.45, 7) is 2.92. The van der Waals surface area contributed by atoms with Crippen molar-refractivity contribution < 1.29 is 4.79 Å². The number of hydrogen-bond donors (Lipinski definition) is 1. The molecule has 0 bridgehead atoms.